The first-order valence-electron chi connectivity index (χ1n) is 5.30. The lowest BCUT2D eigenvalue weighted by Gasteiger charge is -2.02. The quantitative estimate of drug-likeness (QED) is 0.943. The van der Waals surface area contributed by atoms with Crippen LogP contribution in [-0.4, -0.2) is 9.78 Å². The second-order valence-electron chi connectivity index (χ2n) is 3.83. The zero-order valence-electron chi connectivity index (χ0n) is 10.1. The molecule has 1 N–H and O–H groups in total. The fourth-order valence-electron chi connectivity index (χ4n) is 1.54. The summed E-state index contributed by atoms with van der Waals surface area (Å²) in [5.74, 6) is 0.730. The maximum Gasteiger partial charge on any atom is 0.435 e. The number of halogens is 4. The Hall–Kier alpha value is -1.47. The molecule has 2 aromatic rings. The number of hydrogen-bond donors (Lipinski definition) is 1. The lowest BCUT2D eigenvalue weighted by Crippen LogP contribution is -2.14. The summed E-state index contributed by atoms with van der Waals surface area (Å²) < 4.78 is 43.6. The van der Waals surface area contributed by atoms with Crippen LogP contribution in [-0.2, 0) is 26.3 Å². The minimum atomic E-state index is -4.41. The van der Waals surface area contributed by atoms with Gasteiger partial charge in [-0.05, 0) is 18.2 Å². The monoisotopic (exact) mass is 295 g/mol. The summed E-state index contributed by atoms with van der Waals surface area (Å²) in [7, 11) is 1.49. The maximum atomic E-state index is 12.4. The van der Waals surface area contributed by atoms with Gasteiger partial charge in [0.1, 0.15) is 5.76 Å². The van der Waals surface area contributed by atoms with Crippen molar-refractivity contribution in [3.8, 4) is 0 Å². The summed E-state index contributed by atoms with van der Waals surface area (Å²) in [4.78, 5) is 0. The third-order valence-electron chi connectivity index (χ3n) is 2.45. The number of rotatable bonds is 4. The van der Waals surface area contributed by atoms with E-state index in [0.29, 0.717) is 18.8 Å². The Morgan fingerprint density at radius 2 is 2.11 bits per heavy atom. The van der Waals surface area contributed by atoms with Gasteiger partial charge in [0.15, 0.2) is 5.69 Å². The second kappa shape index (κ2) is 6.12. The van der Waals surface area contributed by atoms with Gasteiger partial charge in [-0.2, -0.15) is 18.3 Å². The molecule has 0 bridgehead atoms. The van der Waals surface area contributed by atoms with E-state index in [-0.39, 0.29) is 12.4 Å². The molecule has 8 heteroatoms. The van der Waals surface area contributed by atoms with Crippen molar-refractivity contribution < 1.29 is 17.6 Å². The van der Waals surface area contributed by atoms with Crippen LogP contribution in [0.2, 0.25) is 0 Å². The molecule has 0 saturated heterocycles. The largest absolute Gasteiger partial charge is 0.468 e. The van der Waals surface area contributed by atoms with Gasteiger partial charge >= 0.3 is 6.18 Å². The van der Waals surface area contributed by atoms with Gasteiger partial charge in [0.05, 0.1) is 18.5 Å². The number of nitrogens with one attached hydrogen (secondary N) is 1. The van der Waals surface area contributed by atoms with Crippen molar-refractivity contribution in [1.82, 2.24) is 15.1 Å². The lowest BCUT2D eigenvalue weighted by atomic mass is 10.3. The molecule has 0 fully saturated rings. The Morgan fingerprint density at radius 1 is 1.37 bits per heavy atom. The minimum absolute atomic E-state index is 0. The molecule has 19 heavy (non-hydrogen) atoms. The molecule has 0 unspecified atom stereocenters. The highest BCUT2D eigenvalue weighted by Crippen LogP contribution is 2.28. The van der Waals surface area contributed by atoms with E-state index < -0.39 is 11.9 Å². The Labute approximate surface area is 114 Å². The van der Waals surface area contributed by atoms with Crippen molar-refractivity contribution >= 4 is 12.4 Å². The van der Waals surface area contributed by atoms with E-state index in [0.717, 1.165) is 11.8 Å². The highest BCUT2D eigenvalue weighted by atomic mass is 35.5. The van der Waals surface area contributed by atoms with E-state index in [2.05, 4.69) is 10.4 Å². The number of hydrogen-bond acceptors (Lipinski definition) is 3. The first-order chi connectivity index (χ1) is 8.47. The average molecular weight is 296 g/mol. The maximum absolute atomic E-state index is 12.4. The number of alkyl halides is 3. The number of furan rings is 1. The van der Waals surface area contributed by atoms with Crippen LogP contribution in [0.25, 0.3) is 0 Å². The molecular weight excluding hydrogens is 283 g/mol. The van der Waals surface area contributed by atoms with E-state index in [9.17, 15) is 13.2 Å². The van der Waals surface area contributed by atoms with Crippen molar-refractivity contribution in [2.45, 2.75) is 19.3 Å². The normalized spacial score (nSPS) is 11.4. The Morgan fingerprint density at radius 3 is 2.63 bits per heavy atom. The predicted octanol–water partition coefficient (Wildman–Crippen LogP) is 2.74. The van der Waals surface area contributed by atoms with Crippen molar-refractivity contribution in [3.05, 3.63) is 41.6 Å². The van der Waals surface area contributed by atoms with E-state index in [1.54, 1.807) is 18.4 Å². The molecule has 0 atom stereocenters. The molecule has 0 spiro atoms. The third-order valence-corrected chi connectivity index (χ3v) is 2.45. The topological polar surface area (TPSA) is 43.0 Å². The van der Waals surface area contributed by atoms with Crippen molar-refractivity contribution in [1.29, 1.82) is 0 Å². The van der Waals surface area contributed by atoms with Gasteiger partial charge in [-0.3, -0.25) is 4.68 Å². The zero-order valence-corrected chi connectivity index (χ0v) is 10.9. The smallest absolute Gasteiger partial charge is 0.435 e. The molecule has 0 aliphatic heterocycles. The van der Waals surface area contributed by atoms with Crippen LogP contribution >= 0.6 is 12.4 Å². The van der Waals surface area contributed by atoms with Crippen molar-refractivity contribution in [2.24, 2.45) is 7.05 Å². The van der Waals surface area contributed by atoms with E-state index in [1.807, 2.05) is 0 Å². The Bertz CT molecular complexity index is 508. The fraction of sp³-hybridized carbons (Fsp3) is 0.364. The first kappa shape index (κ1) is 15.6. The molecule has 4 nitrogen and oxygen atoms in total. The van der Waals surface area contributed by atoms with Crippen molar-refractivity contribution in [3.63, 3.8) is 0 Å². The van der Waals surface area contributed by atoms with Crippen LogP contribution in [0.1, 0.15) is 17.1 Å². The van der Waals surface area contributed by atoms with Crippen LogP contribution in [0.5, 0.6) is 0 Å². The van der Waals surface area contributed by atoms with Gasteiger partial charge in [0.25, 0.3) is 0 Å². The zero-order chi connectivity index (χ0) is 13.2. The first-order valence-corrected chi connectivity index (χ1v) is 5.30. The molecule has 0 radical (unpaired) electrons. The summed E-state index contributed by atoms with van der Waals surface area (Å²) in [5, 5.41) is 6.41. The Kier molecular flexibility index (Phi) is 5.02. The minimum Gasteiger partial charge on any atom is -0.468 e. The highest BCUT2D eigenvalue weighted by molar-refractivity contribution is 5.85. The third kappa shape index (κ3) is 4.00. The van der Waals surface area contributed by atoms with E-state index in [1.165, 1.54) is 11.7 Å². The number of aryl methyl sites for hydroxylation is 1. The van der Waals surface area contributed by atoms with Gasteiger partial charge in [-0.1, -0.05) is 0 Å². The molecule has 106 valence electrons. The molecule has 2 aromatic heterocycles. The molecule has 0 aromatic carbocycles. The van der Waals surface area contributed by atoms with Gasteiger partial charge in [-0.25, -0.2) is 0 Å². The van der Waals surface area contributed by atoms with Crippen LogP contribution in [0.15, 0.2) is 28.9 Å². The summed E-state index contributed by atoms with van der Waals surface area (Å²) >= 11 is 0. The second-order valence-corrected chi connectivity index (χ2v) is 3.83. The molecule has 2 rings (SSSR count). The standard InChI is InChI=1S/C11H12F3N3O.ClH/c1-17-8(5-10(16-17)11(12,13)14)6-15-7-9-3-2-4-18-9;/h2-5,15H,6-7H2,1H3;1H. The summed E-state index contributed by atoms with van der Waals surface area (Å²) in [6.45, 7) is 0.750. The summed E-state index contributed by atoms with van der Waals surface area (Å²) in [5.41, 5.74) is -0.409. The molecule has 0 aliphatic rings. The molecule has 0 aliphatic carbocycles. The Balaban J connectivity index is 0.00000180. The van der Waals surface area contributed by atoms with Gasteiger partial charge in [0, 0.05) is 13.6 Å². The molecular formula is C11H13ClF3N3O. The lowest BCUT2D eigenvalue weighted by molar-refractivity contribution is -0.141. The SMILES string of the molecule is Cl.Cn1nc(C(F)(F)F)cc1CNCc1ccco1. The van der Waals surface area contributed by atoms with Crippen LogP contribution in [0.4, 0.5) is 13.2 Å². The number of aromatic nitrogens is 2. The highest BCUT2D eigenvalue weighted by Gasteiger charge is 2.34. The van der Waals surface area contributed by atoms with Crippen LogP contribution in [0, 0.1) is 0 Å². The van der Waals surface area contributed by atoms with Gasteiger partial charge in [-0.15, -0.1) is 12.4 Å². The van der Waals surface area contributed by atoms with Crippen LogP contribution in [0.3, 0.4) is 0 Å². The average Bonchev–Trinajstić information content (AvgIpc) is 2.88. The van der Waals surface area contributed by atoms with Crippen LogP contribution < -0.4 is 5.32 Å². The summed E-state index contributed by atoms with van der Waals surface area (Å²) in [6.07, 6.45) is -2.86. The van der Waals surface area contributed by atoms with Gasteiger partial charge in [0.2, 0.25) is 0 Å². The van der Waals surface area contributed by atoms with Crippen molar-refractivity contribution in [2.75, 3.05) is 0 Å². The van der Waals surface area contributed by atoms with E-state index in [4.69, 9.17) is 4.42 Å². The fourth-order valence-corrected chi connectivity index (χ4v) is 1.54. The van der Waals surface area contributed by atoms with Gasteiger partial charge < -0.3 is 9.73 Å². The number of nitrogens with zero attached hydrogens (tertiary/aromatic N) is 2. The molecule has 2 heterocycles. The predicted molar refractivity (Wildman–Crippen MR) is 64.7 cm³/mol. The molecule has 0 saturated carbocycles. The summed E-state index contributed by atoms with van der Waals surface area (Å²) in [6, 6.07) is 4.58. The van der Waals surface area contributed by atoms with E-state index >= 15 is 0 Å². The molecule has 0 amide bonds.